The predicted molar refractivity (Wildman–Crippen MR) is 93.0 cm³/mol. The van der Waals surface area contributed by atoms with Gasteiger partial charge in [-0.3, -0.25) is 0 Å². The van der Waals surface area contributed by atoms with Crippen molar-refractivity contribution in [2.45, 2.75) is 6.54 Å². The summed E-state index contributed by atoms with van der Waals surface area (Å²) < 4.78 is 1.27. The van der Waals surface area contributed by atoms with E-state index in [0.29, 0.717) is 0 Å². The van der Waals surface area contributed by atoms with Crippen LogP contribution in [-0.2, 0) is 6.54 Å². The number of pyridine rings is 1. The van der Waals surface area contributed by atoms with E-state index in [9.17, 15) is 0 Å². The van der Waals surface area contributed by atoms with Crippen LogP contribution >= 0.6 is 22.6 Å². The molecule has 0 aliphatic rings. The molecule has 2 aromatic rings. The fourth-order valence-electron chi connectivity index (χ4n) is 1.95. The largest absolute Gasteiger partial charge is 0.351 e. The zero-order chi connectivity index (χ0) is 14.4. The second kappa shape index (κ2) is 7.59. The van der Waals surface area contributed by atoms with Crippen molar-refractivity contribution in [1.29, 1.82) is 0 Å². The molecule has 1 aromatic heterocycles. The van der Waals surface area contributed by atoms with Gasteiger partial charge in [-0.25, -0.2) is 4.98 Å². The van der Waals surface area contributed by atoms with E-state index in [1.807, 2.05) is 18.3 Å². The highest BCUT2D eigenvalue weighted by Crippen LogP contribution is 2.15. The minimum absolute atomic E-state index is 0.891. The lowest BCUT2D eigenvalue weighted by Gasteiger charge is -2.25. The Bertz CT molecular complexity index is 511. The van der Waals surface area contributed by atoms with Crippen LogP contribution in [0.1, 0.15) is 5.56 Å². The van der Waals surface area contributed by atoms with Gasteiger partial charge in [-0.15, -0.1) is 0 Å². The third-order valence-electron chi connectivity index (χ3n) is 3.08. The van der Waals surface area contributed by atoms with Gasteiger partial charge >= 0.3 is 0 Å². The summed E-state index contributed by atoms with van der Waals surface area (Å²) in [4.78, 5) is 9.00. The lowest BCUT2D eigenvalue weighted by Crippen LogP contribution is -2.31. The molecule has 0 bridgehead atoms. The van der Waals surface area contributed by atoms with Crippen molar-refractivity contribution in [2.75, 3.05) is 32.1 Å². The summed E-state index contributed by atoms with van der Waals surface area (Å²) in [6.07, 6.45) is 1.85. The maximum Gasteiger partial charge on any atom is 0.128 e. The molecule has 0 atom stereocenters. The molecular formula is C16H20IN3. The molecule has 0 saturated carbocycles. The van der Waals surface area contributed by atoms with E-state index < -0.39 is 0 Å². The molecule has 0 spiro atoms. The second-order valence-corrected chi connectivity index (χ2v) is 6.28. The zero-order valence-corrected chi connectivity index (χ0v) is 14.1. The number of nitrogens with zero attached hydrogens (tertiary/aromatic N) is 3. The molecule has 0 N–H and O–H groups in total. The quantitative estimate of drug-likeness (QED) is 0.717. The van der Waals surface area contributed by atoms with E-state index >= 15 is 0 Å². The average molecular weight is 381 g/mol. The van der Waals surface area contributed by atoms with Crippen LogP contribution < -0.4 is 4.90 Å². The van der Waals surface area contributed by atoms with Gasteiger partial charge in [0.2, 0.25) is 0 Å². The molecule has 106 valence electrons. The Morgan fingerprint density at radius 1 is 1.00 bits per heavy atom. The second-order valence-electron chi connectivity index (χ2n) is 5.04. The molecule has 0 aliphatic carbocycles. The smallest absolute Gasteiger partial charge is 0.128 e. The molecule has 3 nitrogen and oxygen atoms in total. The summed E-state index contributed by atoms with van der Waals surface area (Å²) in [6, 6.07) is 14.7. The summed E-state index contributed by atoms with van der Waals surface area (Å²) in [6.45, 7) is 2.87. The molecule has 1 aromatic carbocycles. The average Bonchev–Trinajstić information content (AvgIpc) is 2.46. The standard InChI is InChI=1S/C16H20IN3/c1-19(2)11-12-20(16-5-3-4-10-18-16)13-14-6-8-15(17)9-7-14/h3-10H,11-13H2,1-2H3. The maximum atomic E-state index is 4.48. The van der Waals surface area contributed by atoms with Crippen molar-refractivity contribution in [3.05, 3.63) is 57.8 Å². The minimum Gasteiger partial charge on any atom is -0.351 e. The van der Waals surface area contributed by atoms with Gasteiger partial charge in [0.1, 0.15) is 5.82 Å². The Kier molecular flexibility index (Phi) is 5.79. The van der Waals surface area contributed by atoms with Crippen molar-refractivity contribution < 1.29 is 0 Å². The first-order valence-corrected chi connectivity index (χ1v) is 7.78. The molecule has 4 heteroatoms. The molecule has 1 heterocycles. The summed E-state index contributed by atoms with van der Waals surface area (Å²) in [5.41, 5.74) is 1.31. The normalized spacial score (nSPS) is 10.8. The minimum atomic E-state index is 0.891. The van der Waals surface area contributed by atoms with Crippen LogP contribution in [0.15, 0.2) is 48.7 Å². The van der Waals surface area contributed by atoms with Crippen molar-refractivity contribution >= 4 is 28.4 Å². The van der Waals surface area contributed by atoms with Gasteiger partial charge in [0.25, 0.3) is 0 Å². The molecule has 2 rings (SSSR count). The van der Waals surface area contributed by atoms with Gasteiger partial charge in [0, 0.05) is 29.4 Å². The Morgan fingerprint density at radius 3 is 2.35 bits per heavy atom. The molecule has 0 amide bonds. The van der Waals surface area contributed by atoms with E-state index in [4.69, 9.17) is 0 Å². The van der Waals surface area contributed by atoms with E-state index in [-0.39, 0.29) is 0 Å². The van der Waals surface area contributed by atoms with Crippen LogP contribution in [0.25, 0.3) is 0 Å². The lowest BCUT2D eigenvalue weighted by molar-refractivity contribution is 0.412. The molecule has 0 saturated heterocycles. The molecule has 0 fully saturated rings. The van der Waals surface area contributed by atoms with Crippen LogP contribution in [-0.4, -0.2) is 37.1 Å². The molecule has 20 heavy (non-hydrogen) atoms. The number of anilines is 1. The summed E-state index contributed by atoms with van der Waals surface area (Å²) in [5.74, 6) is 1.04. The van der Waals surface area contributed by atoms with Crippen LogP contribution in [0.2, 0.25) is 0 Å². The predicted octanol–water partition coefficient (Wildman–Crippen LogP) is 3.25. The van der Waals surface area contributed by atoms with Crippen LogP contribution in [0.5, 0.6) is 0 Å². The Balaban J connectivity index is 2.12. The van der Waals surface area contributed by atoms with Gasteiger partial charge in [0.15, 0.2) is 0 Å². The van der Waals surface area contributed by atoms with Gasteiger partial charge in [-0.2, -0.15) is 0 Å². The third kappa shape index (κ3) is 4.76. The van der Waals surface area contributed by atoms with Crippen molar-refractivity contribution in [3.8, 4) is 0 Å². The van der Waals surface area contributed by atoms with Crippen molar-refractivity contribution in [2.24, 2.45) is 0 Å². The summed E-state index contributed by atoms with van der Waals surface area (Å²) >= 11 is 2.33. The monoisotopic (exact) mass is 381 g/mol. The first kappa shape index (κ1) is 15.3. The molecule has 0 radical (unpaired) electrons. The van der Waals surface area contributed by atoms with E-state index in [1.54, 1.807) is 0 Å². The Labute approximate surface area is 134 Å². The van der Waals surface area contributed by atoms with E-state index in [2.05, 4.69) is 81.8 Å². The fraction of sp³-hybridized carbons (Fsp3) is 0.312. The number of halogens is 1. The van der Waals surface area contributed by atoms with Gasteiger partial charge in [-0.1, -0.05) is 18.2 Å². The first-order valence-electron chi connectivity index (χ1n) is 6.70. The van der Waals surface area contributed by atoms with E-state index in [0.717, 1.165) is 25.5 Å². The van der Waals surface area contributed by atoms with Crippen LogP contribution in [0.4, 0.5) is 5.82 Å². The SMILES string of the molecule is CN(C)CCN(Cc1ccc(I)cc1)c1ccccn1. The molecule has 0 aliphatic heterocycles. The van der Waals surface area contributed by atoms with Crippen LogP contribution in [0, 0.1) is 3.57 Å². The van der Waals surface area contributed by atoms with Gasteiger partial charge < -0.3 is 9.80 Å². The molecular weight excluding hydrogens is 361 g/mol. The Morgan fingerprint density at radius 2 is 1.75 bits per heavy atom. The van der Waals surface area contributed by atoms with E-state index in [1.165, 1.54) is 9.13 Å². The van der Waals surface area contributed by atoms with Crippen LogP contribution in [0.3, 0.4) is 0 Å². The fourth-order valence-corrected chi connectivity index (χ4v) is 2.31. The highest BCUT2D eigenvalue weighted by molar-refractivity contribution is 14.1. The third-order valence-corrected chi connectivity index (χ3v) is 3.80. The van der Waals surface area contributed by atoms with Gasteiger partial charge in [0.05, 0.1) is 0 Å². The summed E-state index contributed by atoms with van der Waals surface area (Å²) in [7, 11) is 4.20. The van der Waals surface area contributed by atoms with Gasteiger partial charge in [-0.05, 0) is 66.5 Å². The number of likely N-dealkylation sites (N-methyl/N-ethyl adjacent to an activating group) is 1. The first-order chi connectivity index (χ1) is 9.65. The zero-order valence-electron chi connectivity index (χ0n) is 12.0. The topological polar surface area (TPSA) is 19.4 Å². The highest BCUT2D eigenvalue weighted by Gasteiger charge is 2.08. The number of rotatable bonds is 6. The van der Waals surface area contributed by atoms with Crippen molar-refractivity contribution in [1.82, 2.24) is 9.88 Å². The lowest BCUT2D eigenvalue weighted by atomic mass is 10.2. The van der Waals surface area contributed by atoms with Crippen molar-refractivity contribution in [3.63, 3.8) is 0 Å². The number of hydrogen-bond acceptors (Lipinski definition) is 3. The molecule has 0 unspecified atom stereocenters. The number of benzene rings is 1. The number of hydrogen-bond donors (Lipinski definition) is 0. The maximum absolute atomic E-state index is 4.48. The summed E-state index contributed by atoms with van der Waals surface area (Å²) in [5, 5.41) is 0. The Hall–Kier alpha value is -1.14. The number of aromatic nitrogens is 1. The highest BCUT2D eigenvalue weighted by atomic mass is 127.